The van der Waals surface area contributed by atoms with E-state index in [1.165, 1.54) is 16.1 Å². The van der Waals surface area contributed by atoms with Crippen molar-refractivity contribution in [3.63, 3.8) is 0 Å². The van der Waals surface area contributed by atoms with Gasteiger partial charge in [0.1, 0.15) is 5.82 Å². The molecule has 2 aliphatic heterocycles. The lowest BCUT2D eigenvalue weighted by molar-refractivity contribution is 0.450. The number of piperidine rings is 1. The summed E-state index contributed by atoms with van der Waals surface area (Å²) in [4.78, 5) is 9.39. The zero-order valence-corrected chi connectivity index (χ0v) is 15.7. The molecule has 134 valence electrons. The molecule has 0 saturated carbocycles. The number of hydrogen-bond acceptors (Lipinski definition) is 5. The number of likely N-dealkylation sites (N-methyl/N-ethyl adjacent to an activating group) is 1. The maximum Gasteiger partial charge on any atom is 0.183 e. The Morgan fingerprint density at radius 1 is 1.23 bits per heavy atom. The largest absolute Gasteiger partial charge is 0.371 e. The summed E-state index contributed by atoms with van der Waals surface area (Å²) in [5.41, 5.74) is 4.57. The van der Waals surface area contributed by atoms with E-state index in [1.807, 2.05) is 13.1 Å². The maximum absolute atomic E-state index is 13.8. The van der Waals surface area contributed by atoms with Gasteiger partial charge in [-0.05, 0) is 48.4 Å². The zero-order chi connectivity index (χ0) is 17.8. The van der Waals surface area contributed by atoms with Crippen molar-refractivity contribution in [1.29, 1.82) is 0 Å². The number of anilines is 3. The van der Waals surface area contributed by atoms with E-state index in [1.54, 1.807) is 23.5 Å². The number of fused-ring (bicyclic) bond motifs is 4. The van der Waals surface area contributed by atoms with Gasteiger partial charge in [0.2, 0.25) is 0 Å². The first-order chi connectivity index (χ1) is 12.6. The molecular formula is C20H21FN4S. The minimum absolute atomic E-state index is 0.140. The minimum atomic E-state index is -0.140. The zero-order valence-electron chi connectivity index (χ0n) is 14.9. The van der Waals surface area contributed by atoms with Crippen molar-refractivity contribution in [3.8, 4) is 0 Å². The van der Waals surface area contributed by atoms with Gasteiger partial charge in [-0.15, -0.1) is 0 Å². The lowest BCUT2D eigenvalue weighted by Gasteiger charge is -2.39. The smallest absolute Gasteiger partial charge is 0.183 e. The Bertz CT molecular complexity index is 985. The van der Waals surface area contributed by atoms with Gasteiger partial charge in [-0.25, -0.2) is 9.37 Å². The topological polar surface area (TPSA) is 31.4 Å². The fourth-order valence-corrected chi connectivity index (χ4v) is 5.28. The Balaban J connectivity index is 1.47. The number of nitrogens with one attached hydrogen (secondary N) is 1. The molecule has 0 bridgehead atoms. The fourth-order valence-electron chi connectivity index (χ4n) is 4.49. The van der Waals surface area contributed by atoms with Crippen LogP contribution in [0.1, 0.15) is 17.9 Å². The van der Waals surface area contributed by atoms with Gasteiger partial charge in [0.05, 0.1) is 10.2 Å². The van der Waals surface area contributed by atoms with Crippen molar-refractivity contribution in [2.45, 2.75) is 18.4 Å². The molecule has 2 aromatic carbocycles. The molecule has 2 atom stereocenters. The second-order valence-electron chi connectivity index (χ2n) is 7.14. The minimum Gasteiger partial charge on any atom is -0.371 e. The van der Waals surface area contributed by atoms with Crippen molar-refractivity contribution < 1.29 is 4.39 Å². The van der Waals surface area contributed by atoms with E-state index in [4.69, 9.17) is 0 Å². The van der Waals surface area contributed by atoms with E-state index >= 15 is 0 Å². The molecule has 4 nitrogen and oxygen atoms in total. The summed E-state index contributed by atoms with van der Waals surface area (Å²) in [6.45, 7) is 1.93. The Morgan fingerprint density at radius 2 is 2.12 bits per heavy atom. The fraction of sp³-hybridized carbons (Fsp3) is 0.350. The standard InChI is InChI=1S/C20H21FN4S/c1-22-20-23-16-10-13(4-6-19(16)26-20)25-8-7-18-15(11-25)14-9-12(21)3-5-17(14)24(18)2/h3-6,9-10,15,18H,7-8,11H2,1-2H3,(H,22,23). The van der Waals surface area contributed by atoms with Crippen LogP contribution in [-0.4, -0.2) is 38.2 Å². The molecule has 0 radical (unpaired) electrons. The predicted molar refractivity (Wildman–Crippen MR) is 107 cm³/mol. The normalized spacial score (nSPS) is 21.8. The van der Waals surface area contributed by atoms with Crippen LogP contribution < -0.4 is 15.1 Å². The van der Waals surface area contributed by atoms with Gasteiger partial charge in [-0.2, -0.15) is 0 Å². The summed E-state index contributed by atoms with van der Waals surface area (Å²) < 4.78 is 15.0. The van der Waals surface area contributed by atoms with Gasteiger partial charge < -0.3 is 15.1 Å². The Morgan fingerprint density at radius 3 is 2.96 bits per heavy atom. The third-order valence-electron chi connectivity index (χ3n) is 5.79. The predicted octanol–water partition coefficient (Wildman–Crippen LogP) is 4.29. The first-order valence-corrected chi connectivity index (χ1v) is 9.81. The molecule has 2 aliphatic rings. The van der Waals surface area contributed by atoms with E-state index in [0.29, 0.717) is 12.0 Å². The molecule has 1 N–H and O–H groups in total. The molecule has 26 heavy (non-hydrogen) atoms. The van der Waals surface area contributed by atoms with Gasteiger partial charge in [0.25, 0.3) is 0 Å². The van der Waals surface area contributed by atoms with Crippen molar-refractivity contribution in [3.05, 3.63) is 47.8 Å². The third-order valence-corrected chi connectivity index (χ3v) is 6.85. The molecule has 0 amide bonds. The lowest BCUT2D eigenvalue weighted by atomic mass is 9.89. The summed E-state index contributed by atoms with van der Waals surface area (Å²) >= 11 is 1.67. The van der Waals surface area contributed by atoms with E-state index in [-0.39, 0.29) is 5.82 Å². The van der Waals surface area contributed by atoms with Gasteiger partial charge in [0, 0.05) is 50.5 Å². The summed E-state index contributed by atoms with van der Waals surface area (Å²) in [5.74, 6) is 0.205. The highest BCUT2D eigenvalue weighted by Crippen LogP contribution is 2.45. The molecule has 5 rings (SSSR count). The van der Waals surface area contributed by atoms with Crippen molar-refractivity contribution in [2.24, 2.45) is 0 Å². The molecular weight excluding hydrogens is 347 g/mol. The molecule has 0 aliphatic carbocycles. The third kappa shape index (κ3) is 2.35. The molecule has 3 heterocycles. The average molecular weight is 368 g/mol. The number of benzene rings is 2. The van der Waals surface area contributed by atoms with Crippen LogP contribution in [0, 0.1) is 5.82 Å². The van der Waals surface area contributed by atoms with Crippen LogP contribution in [0.25, 0.3) is 10.2 Å². The molecule has 1 fully saturated rings. The van der Waals surface area contributed by atoms with Gasteiger partial charge in [-0.1, -0.05) is 11.3 Å². The number of rotatable bonds is 2. The summed E-state index contributed by atoms with van der Waals surface area (Å²) in [6.07, 6.45) is 1.08. The van der Waals surface area contributed by atoms with Crippen LogP contribution in [0.2, 0.25) is 0 Å². The van der Waals surface area contributed by atoms with E-state index < -0.39 is 0 Å². The molecule has 3 aromatic rings. The van der Waals surface area contributed by atoms with Crippen LogP contribution in [0.15, 0.2) is 36.4 Å². The lowest BCUT2D eigenvalue weighted by Crippen LogP contribution is -2.45. The molecule has 0 spiro atoms. The molecule has 1 aromatic heterocycles. The molecule has 1 saturated heterocycles. The quantitative estimate of drug-likeness (QED) is 0.731. The highest BCUT2D eigenvalue weighted by Gasteiger charge is 2.40. The number of thiazole rings is 1. The number of hydrogen-bond donors (Lipinski definition) is 1. The van der Waals surface area contributed by atoms with Crippen LogP contribution >= 0.6 is 11.3 Å². The van der Waals surface area contributed by atoms with Crippen LogP contribution in [0.4, 0.5) is 20.9 Å². The highest BCUT2D eigenvalue weighted by molar-refractivity contribution is 7.22. The maximum atomic E-state index is 13.8. The Kier molecular flexibility index (Phi) is 3.57. The monoisotopic (exact) mass is 368 g/mol. The first-order valence-electron chi connectivity index (χ1n) is 8.99. The van der Waals surface area contributed by atoms with Gasteiger partial charge in [-0.3, -0.25) is 0 Å². The van der Waals surface area contributed by atoms with Crippen molar-refractivity contribution >= 4 is 38.1 Å². The highest BCUT2D eigenvalue weighted by atomic mass is 32.1. The molecule has 2 unspecified atom stereocenters. The summed E-state index contributed by atoms with van der Waals surface area (Å²) in [7, 11) is 4.04. The number of aromatic nitrogens is 1. The van der Waals surface area contributed by atoms with Crippen LogP contribution in [0.5, 0.6) is 0 Å². The number of nitrogens with zero attached hydrogens (tertiary/aromatic N) is 3. The number of halogens is 1. The SMILES string of the molecule is CNc1nc2cc(N3CCC4C(C3)c3cc(F)ccc3N4C)ccc2s1. The first kappa shape index (κ1) is 15.9. The van der Waals surface area contributed by atoms with Gasteiger partial charge in [0.15, 0.2) is 5.13 Å². The van der Waals surface area contributed by atoms with Crippen LogP contribution in [-0.2, 0) is 0 Å². The average Bonchev–Trinajstić information content (AvgIpc) is 3.20. The Hall–Kier alpha value is -2.34. The van der Waals surface area contributed by atoms with Crippen molar-refractivity contribution in [2.75, 3.05) is 42.3 Å². The van der Waals surface area contributed by atoms with Crippen LogP contribution in [0.3, 0.4) is 0 Å². The second-order valence-corrected chi connectivity index (χ2v) is 8.17. The van der Waals surface area contributed by atoms with E-state index in [9.17, 15) is 4.39 Å². The van der Waals surface area contributed by atoms with E-state index in [2.05, 4.69) is 45.3 Å². The van der Waals surface area contributed by atoms with Gasteiger partial charge >= 0.3 is 0 Å². The molecule has 6 heteroatoms. The second kappa shape index (κ2) is 5.84. The Labute approximate surface area is 156 Å². The van der Waals surface area contributed by atoms with Crippen molar-refractivity contribution in [1.82, 2.24) is 4.98 Å². The summed E-state index contributed by atoms with van der Waals surface area (Å²) in [5, 5.41) is 4.06. The van der Waals surface area contributed by atoms with E-state index in [0.717, 1.165) is 35.7 Å². The summed E-state index contributed by atoms with van der Waals surface area (Å²) in [6, 6.07) is 12.2.